The number of fused-ring (bicyclic) bond motifs is 2. The van der Waals surface area contributed by atoms with E-state index in [2.05, 4.69) is 10.3 Å². The predicted octanol–water partition coefficient (Wildman–Crippen LogP) is 1.09. The molecule has 0 spiro atoms. The fourth-order valence-electron chi connectivity index (χ4n) is 3.73. The van der Waals surface area contributed by atoms with Gasteiger partial charge in [-0.15, -0.1) is 0 Å². The van der Waals surface area contributed by atoms with Crippen LogP contribution >= 0.6 is 0 Å². The van der Waals surface area contributed by atoms with Gasteiger partial charge in [-0.2, -0.15) is 0 Å². The maximum atomic E-state index is 11.5. The molecule has 2 bridgehead atoms. The number of primary amides is 1. The first-order valence-electron chi connectivity index (χ1n) is 6.82. The van der Waals surface area contributed by atoms with Crippen LogP contribution in [0, 0.1) is 17.8 Å². The summed E-state index contributed by atoms with van der Waals surface area (Å²) in [6, 6.07) is 3.07. The van der Waals surface area contributed by atoms with Gasteiger partial charge in [0.05, 0.1) is 11.5 Å². The molecule has 4 N–H and O–H groups in total. The van der Waals surface area contributed by atoms with E-state index in [1.54, 1.807) is 18.3 Å². The number of amides is 1. The third-order valence-electron chi connectivity index (χ3n) is 4.58. The second-order valence-corrected chi connectivity index (χ2v) is 5.63. The smallest absolute Gasteiger partial charge is 0.308 e. The van der Waals surface area contributed by atoms with Gasteiger partial charge in [-0.1, -0.05) is 0 Å². The van der Waals surface area contributed by atoms with Crippen molar-refractivity contribution in [1.82, 2.24) is 4.98 Å². The zero-order valence-electron chi connectivity index (χ0n) is 11.0. The minimum absolute atomic E-state index is 0.167. The number of nitrogens with zero attached hydrogens (tertiary/aromatic N) is 1. The van der Waals surface area contributed by atoms with Crippen LogP contribution in [-0.2, 0) is 4.79 Å². The van der Waals surface area contributed by atoms with Gasteiger partial charge in [-0.25, -0.2) is 4.98 Å². The molecule has 2 aliphatic rings. The summed E-state index contributed by atoms with van der Waals surface area (Å²) in [5.74, 6) is -0.776. The predicted molar refractivity (Wildman–Crippen MR) is 72.1 cm³/mol. The van der Waals surface area contributed by atoms with Crippen molar-refractivity contribution in [3.8, 4) is 0 Å². The van der Waals surface area contributed by atoms with Gasteiger partial charge in [0.1, 0.15) is 5.82 Å². The van der Waals surface area contributed by atoms with Gasteiger partial charge in [-0.05, 0) is 43.2 Å². The molecular weight excluding hydrogens is 258 g/mol. The first-order valence-corrected chi connectivity index (χ1v) is 6.82. The van der Waals surface area contributed by atoms with Gasteiger partial charge >= 0.3 is 5.97 Å². The molecule has 0 aliphatic heterocycles. The Balaban J connectivity index is 1.87. The number of hydrogen-bond donors (Lipinski definition) is 3. The molecule has 0 radical (unpaired) electrons. The van der Waals surface area contributed by atoms with E-state index in [9.17, 15) is 14.7 Å². The van der Waals surface area contributed by atoms with Gasteiger partial charge in [0.15, 0.2) is 0 Å². The number of nitrogens with two attached hydrogens (primary N) is 1. The van der Waals surface area contributed by atoms with Crippen molar-refractivity contribution in [1.29, 1.82) is 0 Å². The van der Waals surface area contributed by atoms with Crippen molar-refractivity contribution in [2.75, 3.05) is 5.32 Å². The largest absolute Gasteiger partial charge is 0.481 e. The van der Waals surface area contributed by atoms with E-state index in [1.165, 1.54) is 0 Å². The third-order valence-corrected chi connectivity index (χ3v) is 4.58. The lowest BCUT2D eigenvalue weighted by molar-refractivity contribution is -0.143. The van der Waals surface area contributed by atoms with E-state index in [0.29, 0.717) is 17.3 Å². The van der Waals surface area contributed by atoms with Gasteiger partial charge in [0.25, 0.3) is 5.91 Å². The molecular formula is C14H17N3O3. The number of carboxylic acids is 1. The van der Waals surface area contributed by atoms with Crippen LogP contribution in [0.4, 0.5) is 5.82 Å². The number of nitrogens with one attached hydrogen (secondary N) is 1. The van der Waals surface area contributed by atoms with Crippen molar-refractivity contribution in [2.24, 2.45) is 23.5 Å². The lowest BCUT2D eigenvalue weighted by Crippen LogP contribution is -2.40. The van der Waals surface area contributed by atoms with Crippen molar-refractivity contribution >= 4 is 17.7 Å². The summed E-state index contributed by atoms with van der Waals surface area (Å²) in [6.07, 6.45) is 4.51. The van der Waals surface area contributed by atoms with E-state index in [-0.39, 0.29) is 12.0 Å². The molecule has 6 nitrogen and oxygen atoms in total. The molecule has 4 unspecified atom stereocenters. The molecule has 0 saturated heterocycles. The molecule has 0 aromatic carbocycles. The molecule has 6 heteroatoms. The Morgan fingerprint density at radius 3 is 2.80 bits per heavy atom. The van der Waals surface area contributed by atoms with Gasteiger partial charge in [0.2, 0.25) is 0 Å². The first-order chi connectivity index (χ1) is 9.58. The normalized spacial score (nSPS) is 31.2. The van der Waals surface area contributed by atoms with E-state index >= 15 is 0 Å². The van der Waals surface area contributed by atoms with Crippen molar-refractivity contribution < 1.29 is 14.7 Å². The summed E-state index contributed by atoms with van der Waals surface area (Å²) >= 11 is 0. The Labute approximate surface area is 116 Å². The number of carbonyl (C=O) groups excluding carboxylic acids is 1. The van der Waals surface area contributed by atoms with Gasteiger partial charge in [0, 0.05) is 12.2 Å². The van der Waals surface area contributed by atoms with Crippen LogP contribution in [0.15, 0.2) is 18.3 Å². The second-order valence-electron chi connectivity index (χ2n) is 5.63. The quantitative estimate of drug-likeness (QED) is 0.762. The van der Waals surface area contributed by atoms with E-state index in [1.807, 2.05) is 0 Å². The standard InChI is InChI=1S/C14H17N3O3/c15-12(18)9-2-1-5-16-13(9)17-11-8-4-3-7(6-8)10(11)14(19)20/h1-2,5,7-8,10-11H,3-4,6H2,(H2,15,18)(H,16,17)(H,19,20). The molecule has 106 valence electrons. The van der Waals surface area contributed by atoms with Crippen LogP contribution in [0.1, 0.15) is 29.6 Å². The molecule has 2 fully saturated rings. The van der Waals surface area contributed by atoms with Crippen LogP contribution in [0.3, 0.4) is 0 Å². The average Bonchev–Trinajstić information content (AvgIpc) is 2.99. The summed E-state index contributed by atoms with van der Waals surface area (Å²) in [5.41, 5.74) is 5.63. The lowest BCUT2D eigenvalue weighted by atomic mass is 9.84. The molecule has 20 heavy (non-hydrogen) atoms. The molecule has 1 heterocycles. The monoisotopic (exact) mass is 275 g/mol. The number of rotatable bonds is 4. The lowest BCUT2D eigenvalue weighted by Gasteiger charge is -2.29. The summed E-state index contributed by atoms with van der Waals surface area (Å²) in [6.45, 7) is 0. The molecule has 1 aromatic rings. The number of anilines is 1. The zero-order valence-corrected chi connectivity index (χ0v) is 11.0. The van der Waals surface area contributed by atoms with Crippen molar-refractivity contribution in [3.05, 3.63) is 23.9 Å². The van der Waals surface area contributed by atoms with Gasteiger partial charge in [-0.3, -0.25) is 9.59 Å². The fraction of sp³-hybridized carbons (Fsp3) is 0.500. The van der Waals surface area contributed by atoms with E-state index < -0.39 is 17.8 Å². The molecule has 3 rings (SSSR count). The molecule has 2 saturated carbocycles. The first kappa shape index (κ1) is 12.9. The molecule has 2 aliphatic carbocycles. The second kappa shape index (κ2) is 4.77. The van der Waals surface area contributed by atoms with E-state index in [0.717, 1.165) is 19.3 Å². The minimum Gasteiger partial charge on any atom is -0.481 e. The van der Waals surface area contributed by atoms with Crippen LogP contribution in [0.5, 0.6) is 0 Å². The molecule has 4 atom stereocenters. The van der Waals surface area contributed by atoms with Crippen LogP contribution in [0.2, 0.25) is 0 Å². The maximum Gasteiger partial charge on any atom is 0.308 e. The summed E-state index contributed by atoms with van der Waals surface area (Å²) < 4.78 is 0. The Morgan fingerprint density at radius 1 is 1.35 bits per heavy atom. The number of carboxylic acid groups (broad SMARTS) is 1. The Kier molecular flexibility index (Phi) is 3.08. The minimum atomic E-state index is -0.772. The number of carbonyl (C=O) groups is 2. The average molecular weight is 275 g/mol. The van der Waals surface area contributed by atoms with Crippen LogP contribution in [-0.4, -0.2) is 28.0 Å². The zero-order chi connectivity index (χ0) is 14.3. The number of aromatic nitrogens is 1. The van der Waals surface area contributed by atoms with Crippen LogP contribution < -0.4 is 11.1 Å². The number of aliphatic carboxylic acids is 1. The van der Waals surface area contributed by atoms with E-state index in [4.69, 9.17) is 5.73 Å². The Bertz CT molecular complexity index is 560. The topological polar surface area (TPSA) is 105 Å². The Morgan fingerprint density at radius 2 is 2.10 bits per heavy atom. The highest BCUT2D eigenvalue weighted by molar-refractivity contribution is 5.97. The van der Waals surface area contributed by atoms with Crippen LogP contribution in [0.25, 0.3) is 0 Å². The SMILES string of the molecule is NC(=O)c1cccnc1NC1C2CCC(C2)C1C(=O)O. The van der Waals surface area contributed by atoms with Crippen molar-refractivity contribution in [2.45, 2.75) is 25.3 Å². The van der Waals surface area contributed by atoms with Crippen molar-refractivity contribution in [3.63, 3.8) is 0 Å². The molecule has 1 aromatic heterocycles. The number of pyridine rings is 1. The molecule has 1 amide bonds. The highest BCUT2D eigenvalue weighted by Crippen LogP contribution is 2.49. The fourth-order valence-corrected chi connectivity index (χ4v) is 3.73. The third kappa shape index (κ3) is 2.01. The highest BCUT2D eigenvalue weighted by Gasteiger charge is 2.51. The maximum absolute atomic E-state index is 11.5. The Hall–Kier alpha value is -2.11. The summed E-state index contributed by atoms with van der Waals surface area (Å²) in [5, 5.41) is 12.6. The summed E-state index contributed by atoms with van der Waals surface area (Å²) in [7, 11) is 0. The number of hydrogen-bond acceptors (Lipinski definition) is 4. The highest BCUT2D eigenvalue weighted by atomic mass is 16.4. The summed E-state index contributed by atoms with van der Waals surface area (Å²) in [4.78, 5) is 27.0. The van der Waals surface area contributed by atoms with Gasteiger partial charge < -0.3 is 16.2 Å².